The lowest BCUT2D eigenvalue weighted by atomic mass is 10.3. The summed E-state index contributed by atoms with van der Waals surface area (Å²) < 4.78 is 5.12. The molecule has 15 heavy (non-hydrogen) atoms. The van der Waals surface area contributed by atoms with Crippen LogP contribution < -0.4 is 5.32 Å². The van der Waals surface area contributed by atoms with Crippen LogP contribution in [-0.4, -0.2) is 16.2 Å². The summed E-state index contributed by atoms with van der Waals surface area (Å²) in [6.45, 7) is 4.78. The van der Waals surface area contributed by atoms with Crippen molar-refractivity contribution in [3.05, 3.63) is 22.7 Å². The molecule has 1 N–H and O–H groups in total. The Morgan fingerprint density at radius 1 is 1.53 bits per heavy atom. The lowest BCUT2D eigenvalue weighted by Gasteiger charge is -2.02. The van der Waals surface area contributed by atoms with Gasteiger partial charge in [0.15, 0.2) is 0 Å². The quantitative estimate of drug-likeness (QED) is 0.864. The average Bonchev–Trinajstić information content (AvgIpc) is 2.85. The predicted molar refractivity (Wildman–Crippen MR) is 59.6 cm³/mol. The Morgan fingerprint density at radius 2 is 2.40 bits per heavy atom. The molecule has 80 valence electrons. The standard InChI is InChI=1S/C10H13N3OS/c1-7(2)11-5-9-12-10(13-14-9)8-3-4-15-6-8/h3-4,6-7,11H,5H2,1-2H3. The van der Waals surface area contributed by atoms with Crippen molar-refractivity contribution in [3.8, 4) is 11.4 Å². The third kappa shape index (κ3) is 2.64. The van der Waals surface area contributed by atoms with Crippen molar-refractivity contribution in [1.29, 1.82) is 0 Å². The molecule has 0 saturated heterocycles. The van der Waals surface area contributed by atoms with Crippen LogP contribution >= 0.6 is 11.3 Å². The molecule has 0 aliphatic rings. The second kappa shape index (κ2) is 4.55. The molecule has 0 radical (unpaired) electrons. The van der Waals surface area contributed by atoms with Crippen molar-refractivity contribution in [3.63, 3.8) is 0 Å². The van der Waals surface area contributed by atoms with E-state index < -0.39 is 0 Å². The maximum absolute atomic E-state index is 5.12. The molecule has 0 saturated carbocycles. The molecule has 2 heterocycles. The molecule has 0 fully saturated rings. The molecule has 0 atom stereocenters. The molecule has 0 aromatic carbocycles. The van der Waals surface area contributed by atoms with Gasteiger partial charge in [0.1, 0.15) is 0 Å². The fraction of sp³-hybridized carbons (Fsp3) is 0.400. The fourth-order valence-corrected chi connectivity index (χ4v) is 1.76. The predicted octanol–water partition coefficient (Wildman–Crippen LogP) is 2.30. The number of rotatable bonds is 4. The Balaban J connectivity index is 2.04. The van der Waals surface area contributed by atoms with E-state index >= 15 is 0 Å². The van der Waals surface area contributed by atoms with E-state index in [0.717, 1.165) is 5.56 Å². The minimum Gasteiger partial charge on any atom is -0.338 e. The van der Waals surface area contributed by atoms with Crippen LogP contribution in [0.3, 0.4) is 0 Å². The molecular weight excluding hydrogens is 210 g/mol. The van der Waals surface area contributed by atoms with E-state index in [9.17, 15) is 0 Å². The highest BCUT2D eigenvalue weighted by molar-refractivity contribution is 7.08. The highest BCUT2D eigenvalue weighted by atomic mass is 32.1. The minimum atomic E-state index is 0.418. The number of nitrogens with one attached hydrogen (secondary N) is 1. The third-order valence-electron chi connectivity index (χ3n) is 1.91. The third-order valence-corrected chi connectivity index (χ3v) is 2.59. The molecule has 4 nitrogen and oxygen atoms in total. The highest BCUT2D eigenvalue weighted by Crippen LogP contribution is 2.18. The zero-order valence-electron chi connectivity index (χ0n) is 8.73. The first-order valence-corrected chi connectivity index (χ1v) is 5.78. The van der Waals surface area contributed by atoms with Gasteiger partial charge in [-0.15, -0.1) is 0 Å². The van der Waals surface area contributed by atoms with E-state index in [2.05, 4.69) is 29.3 Å². The summed E-state index contributed by atoms with van der Waals surface area (Å²) in [5, 5.41) is 11.1. The van der Waals surface area contributed by atoms with Gasteiger partial charge in [0.05, 0.1) is 6.54 Å². The summed E-state index contributed by atoms with van der Waals surface area (Å²) in [5.41, 5.74) is 1.01. The normalized spacial score (nSPS) is 11.1. The van der Waals surface area contributed by atoms with Gasteiger partial charge in [-0.3, -0.25) is 0 Å². The molecule has 2 aromatic rings. The summed E-state index contributed by atoms with van der Waals surface area (Å²) >= 11 is 1.62. The van der Waals surface area contributed by atoms with Gasteiger partial charge in [-0.25, -0.2) is 0 Å². The van der Waals surface area contributed by atoms with Gasteiger partial charge >= 0.3 is 0 Å². The van der Waals surface area contributed by atoms with Crippen molar-refractivity contribution in [2.75, 3.05) is 0 Å². The van der Waals surface area contributed by atoms with Crippen LogP contribution in [0.2, 0.25) is 0 Å². The van der Waals surface area contributed by atoms with Crippen molar-refractivity contribution < 1.29 is 4.52 Å². The summed E-state index contributed by atoms with van der Waals surface area (Å²) in [4.78, 5) is 4.29. The van der Waals surface area contributed by atoms with E-state index in [1.807, 2.05) is 16.8 Å². The first-order valence-electron chi connectivity index (χ1n) is 4.84. The lowest BCUT2D eigenvalue weighted by molar-refractivity contribution is 0.362. The Morgan fingerprint density at radius 3 is 3.07 bits per heavy atom. The minimum absolute atomic E-state index is 0.418. The van der Waals surface area contributed by atoms with Crippen LogP contribution in [0.25, 0.3) is 11.4 Å². The Hall–Kier alpha value is -1.20. The van der Waals surface area contributed by atoms with Gasteiger partial charge in [-0.1, -0.05) is 19.0 Å². The van der Waals surface area contributed by atoms with E-state index in [1.165, 1.54) is 0 Å². The smallest absolute Gasteiger partial charge is 0.240 e. The Bertz CT molecular complexity index is 408. The number of aromatic nitrogens is 2. The van der Waals surface area contributed by atoms with Gasteiger partial charge in [0, 0.05) is 17.0 Å². The Labute approximate surface area is 92.3 Å². The SMILES string of the molecule is CC(C)NCc1nc(-c2ccsc2)no1. The largest absolute Gasteiger partial charge is 0.338 e. The second-order valence-electron chi connectivity index (χ2n) is 3.56. The Kier molecular flexibility index (Phi) is 3.13. The van der Waals surface area contributed by atoms with Gasteiger partial charge in [0.2, 0.25) is 11.7 Å². The van der Waals surface area contributed by atoms with Crippen LogP contribution in [0.5, 0.6) is 0 Å². The molecular formula is C10H13N3OS. The van der Waals surface area contributed by atoms with Crippen molar-refractivity contribution in [1.82, 2.24) is 15.5 Å². The van der Waals surface area contributed by atoms with E-state index in [1.54, 1.807) is 11.3 Å². The number of thiophene rings is 1. The summed E-state index contributed by atoms with van der Waals surface area (Å²) in [6.07, 6.45) is 0. The number of hydrogen-bond donors (Lipinski definition) is 1. The molecule has 0 bridgehead atoms. The highest BCUT2D eigenvalue weighted by Gasteiger charge is 2.08. The van der Waals surface area contributed by atoms with Crippen LogP contribution in [0.1, 0.15) is 19.7 Å². The monoisotopic (exact) mass is 223 g/mol. The topological polar surface area (TPSA) is 51.0 Å². The van der Waals surface area contributed by atoms with Gasteiger partial charge < -0.3 is 9.84 Å². The molecule has 0 unspecified atom stereocenters. The van der Waals surface area contributed by atoms with Crippen LogP contribution in [-0.2, 0) is 6.54 Å². The van der Waals surface area contributed by atoms with Crippen molar-refractivity contribution in [2.24, 2.45) is 0 Å². The van der Waals surface area contributed by atoms with Crippen LogP contribution in [0, 0.1) is 0 Å². The first-order chi connectivity index (χ1) is 7.25. The maximum Gasteiger partial charge on any atom is 0.240 e. The second-order valence-corrected chi connectivity index (χ2v) is 4.34. The zero-order valence-corrected chi connectivity index (χ0v) is 9.54. The summed E-state index contributed by atoms with van der Waals surface area (Å²) in [6, 6.07) is 2.40. The summed E-state index contributed by atoms with van der Waals surface area (Å²) in [5.74, 6) is 1.29. The molecule has 0 aliphatic heterocycles. The molecule has 5 heteroatoms. The fourth-order valence-electron chi connectivity index (χ4n) is 1.13. The maximum atomic E-state index is 5.12. The number of hydrogen-bond acceptors (Lipinski definition) is 5. The molecule has 2 aromatic heterocycles. The van der Waals surface area contributed by atoms with Crippen molar-refractivity contribution >= 4 is 11.3 Å². The zero-order chi connectivity index (χ0) is 10.7. The van der Waals surface area contributed by atoms with Gasteiger partial charge in [-0.05, 0) is 11.4 Å². The molecule has 0 spiro atoms. The molecule has 2 rings (SSSR count). The number of nitrogens with zero attached hydrogens (tertiary/aromatic N) is 2. The van der Waals surface area contributed by atoms with Crippen LogP contribution in [0.4, 0.5) is 0 Å². The average molecular weight is 223 g/mol. The van der Waals surface area contributed by atoms with Gasteiger partial charge in [0.25, 0.3) is 0 Å². The van der Waals surface area contributed by atoms with Crippen molar-refractivity contribution in [2.45, 2.75) is 26.4 Å². The lowest BCUT2D eigenvalue weighted by Crippen LogP contribution is -2.21. The first kappa shape index (κ1) is 10.3. The van der Waals surface area contributed by atoms with Crippen LogP contribution in [0.15, 0.2) is 21.3 Å². The molecule has 0 aliphatic carbocycles. The van der Waals surface area contributed by atoms with Gasteiger partial charge in [-0.2, -0.15) is 16.3 Å². The molecule has 0 amide bonds. The summed E-state index contributed by atoms with van der Waals surface area (Å²) in [7, 11) is 0. The van der Waals surface area contributed by atoms with E-state index in [0.29, 0.717) is 24.3 Å². The van der Waals surface area contributed by atoms with E-state index in [4.69, 9.17) is 4.52 Å². The van der Waals surface area contributed by atoms with E-state index in [-0.39, 0.29) is 0 Å².